The molecular formula is C23H31N7O2. The number of nitrogens with zero attached hydrogens (tertiary/aromatic N) is 5. The number of carbonyl (C=O) groups excluding carboxylic acids is 1. The van der Waals surface area contributed by atoms with E-state index in [-0.39, 0.29) is 12.1 Å². The molecule has 9 nitrogen and oxygen atoms in total. The highest BCUT2D eigenvalue weighted by Crippen LogP contribution is 2.44. The fourth-order valence-corrected chi connectivity index (χ4v) is 5.69. The van der Waals surface area contributed by atoms with E-state index in [1.807, 2.05) is 38.6 Å². The second kappa shape index (κ2) is 7.90. The normalized spacial score (nSPS) is 26.5. The number of β-amino-alcohol motifs (C(OH)–C–C–N with tert-alkyl or cyclic N) is 1. The van der Waals surface area contributed by atoms with Crippen LogP contribution in [0.25, 0.3) is 16.6 Å². The number of hydrogen-bond acceptors (Lipinski definition) is 6. The van der Waals surface area contributed by atoms with Crippen molar-refractivity contribution in [3.63, 3.8) is 0 Å². The number of aromatic nitrogens is 4. The molecule has 2 fully saturated rings. The Morgan fingerprint density at radius 1 is 1.28 bits per heavy atom. The zero-order valence-corrected chi connectivity index (χ0v) is 18.8. The topological polar surface area (TPSA) is 114 Å². The maximum Gasteiger partial charge on any atom is 0.252 e. The van der Waals surface area contributed by atoms with Gasteiger partial charge in [-0.2, -0.15) is 10.2 Å². The van der Waals surface area contributed by atoms with Gasteiger partial charge in [0, 0.05) is 56.2 Å². The lowest BCUT2D eigenvalue weighted by molar-refractivity contribution is 0.100. The van der Waals surface area contributed by atoms with Crippen LogP contribution in [0.1, 0.15) is 30.6 Å². The van der Waals surface area contributed by atoms with Crippen LogP contribution in [0, 0.1) is 17.8 Å². The average molecular weight is 438 g/mol. The van der Waals surface area contributed by atoms with E-state index < -0.39 is 5.91 Å². The van der Waals surface area contributed by atoms with Gasteiger partial charge in [0.1, 0.15) is 0 Å². The van der Waals surface area contributed by atoms with Crippen molar-refractivity contribution >= 4 is 17.1 Å². The van der Waals surface area contributed by atoms with Crippen molar-refractivity contribution in [2.75, 3.05) is 25.0 Å². The fraction of sp³-hybridized carbons (Fsp3) is 0.522. The van der Waals surface area contributed by atoms with Crippen LogP contribution >= 0.6 is 0 Å². The van der Waals surface area contributed by atoms with Crippen LogP contribution < -0.4 is 11.1 Å². The molecule has 5 atom stereocenters. The van der Waals surface area contributed by atoms with Crippen LogP contribution in [-0.4, -0.2) is 67.1 Å². The third-order valence-corrected chi connectivity index (χ3v) is 7.23. The van der Waals surface area contributed by atoms with Crippen LogP contribution in [-0.2, 0) is 7.05 Å². The van der Waals surface area contributed by atoms with Crippen LogP contribution in [0.15, 0.2) is 30.9 Å². The first kappa shape index (κ1) is 21.0. The number of aryl methyl sites for hydroxylation is 1. The molecule has 0 aromatic carbocycles. The summed E-state index contributed by atoms with van der Waals surface area (Å²) in [6.45, 7) is 6.90. The Kier molecular flexibility index (Phi) is 5.17. The smallest absolute Gasteiger partial charge is 0.252 e. The molecule has 1 aliphatic carbocycles. The Hall–Kier alpha value is -2.91. The molecule has 1 aliphatic heterocycles. The molecule has 0 bridgehead atoms. The van der Waals surface area contributed by atoms with Gasteiger partial charge in [0.2, 0.25) is 0 Å². The summed E-state index contributed by atoms with van der Waals surface area (Å²) in [4.78, 5) is 14.6. The number of aliphatic hydroxyl groups is 1. The molecule has 3 aromatic heterocycles. The average Bonchev–Trinajstić information content (AvgIpc) is 3.47. The summed E-state index contributed by atoms with van der Waals surface area (Å²) in [5, 5.41) is 22.1. The number of aliphatic hydroxyl groups excluding tert-OH is 1. The molecule has 2 aliphatic rings. The molecule has 1 saturated carbocycles. The molecule has 3 aromatic rings. The first-order chi connectivity index (χ1) is 15.3. The molecular weight excluding hydrogens is 406 g/mol. The van der Waals surface area contributed by atoms with Crippen molar-refractivity contribution in [3.8, 4) is 11.1 Å². The van der Waals surface area contributed by atoms with Crippen molar-refractivity contribution in [3.05, 3.63) is 36.4 Å². The number of amides is 1. The molecule has 1 unspecified atom stereocenters. The van der Waals surface area contributed by atoms with Gasteiger partial charge in [-0.15, -0.1) is 0 Å². The van der Waals surface area contributed by atoms with Crippen molar-refractivity contribution in [1.29, 1.82) is 0 Å². The Morgan fingerprint density at radius 2 is 2.09 bits per heavy atom. The van der Waals surface area contributed by atoms with Crippen molar-refractivity contribution in [2.45, 2.75) is 32.4 Å². The lowest BCUT2D eigenvalue weighted by Crippen LogP contribution is -2.34. The number of nitrogens with two attached hydrogens (primary N) is 1. The standard InChI is InChI=1S/C23H31N7O2/c1-13(31)8-29-10-16-4-20(14(2)19(16)12-29)27-22-18(23(24)32)7-26-30-11-15(5-21(22)30)17-6-25-28(3)9-17/h5-7,9,11,13-14,16,19-20,27,31H,4,8,10,12H2,1-3H3,(H2,24,32)/t13?,14-,16-,19-,20-/m1/s1. The highest BCUT2D eigenvalue weighted by atomic mass is 16.3. The molecule has 32 heavy (non-hydrogen) atoms. The van der Waals surface area contributed by atoms with E-state index >= 15 is 0 Å². The summed E-state index contributed by atoms with van der Waals surface area (Å²) in [5.41, 5.74) is 9.69. The molecule has 0 radical (unpaired) electrons. The SMILES string of the molecule is CC(O)CN1C[C@H]2C[C@@H](Nc3c(C(N)=O)cnn4cc(-c5cnn(C)c5)cc34)[C@H](C)[C@H]2C1. The molecule has 0 spiro atoms. The fourth-order valence-electron chi connectivity index (χ4n) is 5.69. The summed E-state index contributed by atoms with van der Waals surface area (Å²) < 4.78 is 3.56. The van der Waals surface area contributed by atoms with Gasteiger partial charge >= 0.3 is 0 Å². The number of hydrogen-bond donors (Lipinski definition) is 3. The Balaban J connectivity index is 1.44. The van der Waals surface area contributed by atoms with Gasteiger partial charge in [-0.1, -0.05) is 6.92 Å². The van der Waals surface area contributed by atoms with Gasteiger partial charge in [0.15, 0.2) is 0 Å². The van der Waals surface area contributed by atoms with E-state index in [4.69, 9.17) is 5.73 Å². The van der Waals surface area contributed by atoms with Crippen LogP contribution in [0.5, 0.6) is 0 Å². The lowest BCUT2D eigenvalue weighted by Gasteiger charge is -2.26. The van der Waals surface area contributed by atoms with Gasteiger partial charge < -0.3 is 21.1 Å². The third kappa shape index (κ3) is 3.65. The highest BCUT2D eigenvalue weighted by Gasteiger charge is 2.46. The monoisotopic (exact) mass is 437 g/mol. The number of rotatable bonds is 6. The molecule has 9 heteroatoms. The minimum Gasteiger partial charge on any atom is -0.392 e. The van der Waals surface area contributed by atoms with Gasteiger partial charge in [0.05, 0.1) is 35.3 Å². The summed E-state index contributed by atoms with van der Waals surface area (Å²) in [5.74, 6) is 1.13. The minimum atomic E-state index is -0.486. The van der Waals surface area contributed by atoms with Crippen molar-refractivity contribution in [2.24, 2.45) is 30.5 Å². The summed E-state index contributed by atoms with van der Waals surface area (Å²) in [6.07, 6.45) is 8.00. The van der Waals surface area contributed by atoms with Crippen LogP contribution in [0.4, 0.5) is 5.69 Å². The number of carbonyl (C=O) groups is 1. The van der Waals surface area contributed by atoms with E-state index in [9.17, 15) is 9.90 Å². The summed E-state index contributed by atoms with van der Waals surface area (Å²) in [6, 6.07) is 2.28. The third-order valence-electron chi connectivity index (χ3n) is 7.23. The molecule has 1 saturated heterocycles. The van der Waals surface area contributed by atoms with E-state index in [1.54, 1.807) is 15.4 Å². The minimum absolute atomic E-state index is 0.250. The van der Waals surface area contributed by atoms with Gasteiger partial charge in [-0.25, -0.2) is 4.52 Å². The van der Waals surface area contributed by atoms with E-state index in [0.29, 0.717) is 23.3 Å². The Labute approximate surface area is 187 Å². The second-order valence-corrected chi connectivity index (χ2v) is 9.60. The number of anilines is 1. The first-order valence-electron chi connectivity index (χ1n) is 11.3. The number of nitrogens with one attached hydrogen (secondary N) is 1. The predicted molar refractivity (Wildman–Crippen MR) is 122 cm³/mol. The predicted octanol–water partition coefficient (Wildman–Crippen LogP) is 1.58. The second-order valence-electron chi connectivity index (χ2n) is 9.60. The maximum atomic E-state index is 12.2. The maximum absolute atomic E-state index is 12.2. The molecule has 5 rings (SSSR count). The van der Waals surface area contributed by atoms with Crippen LogP contribution in [0.3, 0.4) is 0 Å². The zero-order chi connectivity index (χ0) is 22.6. The molecule has 4 N–H and O–H groups in total. The Morgan fingerprint density at radius 3 is 2.75 bits per heavy atom. The molecule has 1 amide bonds. The van der Waals surface area contributed by atoms with Gasteiger partial charge in [-0.05, 0) is 37.2 Å². The zero-order valence-electron chi connectivity index (χ0n) is 18.8. The summed E-state index contributed by atoms with van der Waals surface area (Å²) in [7, 11) is 1.89. The van der Waals surface area contributed by atoms with Gasteiger partial charge in [-0.3, -0.25) is 9.48 Å². The van der Waals surface area contributed by atoms with Crippen LogP contribution in [0.2, 0.25) is 0 Å². The summed E-state index contributed by atoms with van der Waals surface area (Å²) >= 11 is 0. The Bertz CT molecular complexity index is 1150. The molecule has 4 heterocycles. The highest BCUT2D eigenvalue weighted by molar-refractivity contribution is 6.02. The van der Waals surface area contributed by atoms with E-state index in [2.05, 4.69) is 27.3 Å². The number of likely N-dealkylation sites (tertiary alicyclic amines) is 1. The first-order valence-corrected chi connectivity index (χ1v) is 11.3. The molecule has 170 valence electrons. The quantitative estimate of drug-likeness (QED) is 0.540. The lowest BCUT2D eigenvalue weighted by atomic mass is 9.93. The largest absolute Gasteiger partial charge is 0.392 e. The number of fused-ring (bicyclic) bond motifs is 2. The van der Waals surface area contributed by atoms with E-state index in [0.717, 1.165) is 48.4 Å². The van der Waals surface area contributed by atoms with Gasteiger partial charge in [0.25, 0.3) is 5.91 Å². The number of primary amides is 1. The van der Waals surface area contributed by atoms with Crippen molar-refractivity contribution in [1.82, 2.24) is 24.3 Å². The van der Waals surface area contributed by atoms with Crippen molar-refractivity contribution < 1.29 is 9.90 Å². The van der Waals surface area contributed by atoms with E-state index in [1.165, 1.54) is 0 Å².